The van der Waals surface area contributed by atoms with Gasteiger partial charge in [0.25, 0.3) is 0 Å². The number of aromatic nitrogens is 2. The van der Waals surface area contributed by atoms with E-state index in [4.69, 9.17) is 28.2 Å². The smallest absolute Gasteiger partial charge is 0.335 e. The van der Waals surface area contributed by atoms with E-state index in [0.29, 0.717) is 40.8 Å². The molecule has 4 aromatic rings. The highest BCUT2D eigenvalue weighted by Gasteiger charge is 2.69. The van der Waals surface area contributed by atoms with Gasteiger partial charge in [0.2, 0.25) is 5.91 Å². The number of amides is 1. The van der Waals surface area contributed by atoms with Crippen LogP contribution >= 0.6 is 23.2 Å². The first-order chi connectivity index (χ1) is 19.3. The number of benzene rings is 2. The fourth-order valence-corrected chi connectivity index (χ4v) is 7.89. The molecule has 1 unspecified atom stereocenters. The Kier molecular flexibility index (Phi) is 5.04. The Morgan fingerprint density at radius 1 is 1.18 bits per heavy atom. The summed E-state index contributed by atoms with van der Waals surface area (Å²) < 4.78 is 18.0. The van der Waals surface area contributed by atoms with Gasteiger partial charge in [0.15, 0.2) is 0 Å². The molecule has 0 radical (unpaired) electrons. The van der Waals surface area contributed by atoms with Crippen LogP contribution in [0.4, 0.5) is 10.1 Å². The van der Waals surface area contributed by atoms with Crippen LogP contribution in [0.2, 0.25) is 10.0 Å². The van der Waals surface area contributed by atoms with Gasteiger partial charge in [-0.25, -0.2) is 14.2 Å². The first kappa shape index (κ1) is 24.3. The van der Waals surface area contributed by atoms with E-state index in [0.717, 1.165) is 29.8 Å². The number of imidazole rings is 1. The number of aromatic carboxylic acids is 1. The van der Waals surface area contributed by atoms with Gasteiger partial charge in [-0.3, -0.25) is 9.69 Å². The molecule has 7 nitrogen and oxygen atoms in total. The van der Waals surface area contributed by atoms with Gasteiger partial charge in [0.05, 0.1) is 16.3 Å². The van der Waals surface area contributed by atoms with Crippen LogP contribution in [-0.4, -0.2) is 43.9 Å². The summed E-state index contributed by atoms with van der Waals surface area (Å²) in [6.45, 7) is 0.700. The molecule has 2 aromatic heterocycles. The van der Waals surface area contributed by atoms with E-state index in [1.807, 2.05) is 10.5 Å². The summed E-state index contributed by atoms with van der Waals surface area (Å²) in [5, 5.41) is 13.1. The summed E-state index contributed by atoms with van der Waals surface area (Å²) in [6.07, 6.45) is 4.50. The van der Waals surface area contributed by atoms with Crippen LogP contribution in [0.15, 0.2) is 54.7 Å². The fraction of sp³-hybridized carbons (Fsp3) is 0.300. The molecule has 2 aliphatic carbocycles. The monoisotopic (exact) mass is 576 g/mol. The second kappa shape index (κ2) is 8.28. The lowest BCUT2D eigenvalue weighted by Crippen LogP contribution is -2.53. The number of fused-ring (bicyclic) bond motifs is 7. The van der Waals surface area contributed by atoms with E-state index in [-0.39, 0.29) is 28.5 Å². The Labute approximate surface area is 238 Å². The summed E-state index contributed by atoms with van der Waals surface area (Å²) in [5.74, 6) is -2.29. The number of halogens is 3. The number of rotatable bonds is 4. The van der Waals surface area contributed by atoms with Crippen molar-refractivity contribution in [2.24, 2.45) is 5.92 Å². The molecule has 4 atom stereocenters. The number of carbonyl (C=O) groups is 2. The minimum absolute atomic E-state index is 0.00102. The van der Waals surface area contributed by atoms with Gasteiger partial charge in [-0.15, -0.1) is 0 Å². The van der Waals surface area contributed by atoms with Crippen LogP contribution in [0.3, 0.4) is 0 Å². The van der Waals surface area contributed by atoms with Crippen molar-refractivity contribution in [1.29, 1.82) is 0 Å². The molecule has 2 aliphatic heterocycles. The van der Waals surface area contributed by atoms with Crippen molar-refractivity contribution in [3.05, 3.63) is 98.7 Å². The number of carboxylic acid groups (broad SMARTS) is 1. The van der Waals surface area contributed by atoms with Crippen LogP contribution < -0.4 is 5.32 Å². The molecule has 10 heteroatoms. The second-order valence-corrected chi connectivity index (χ2v) is 12.2. The number of carboxylic acids is 1. The Morgan fingerprint density at radius 2 is 2.00 bits per heavy atom. The van der Waals surface area contributed by atoms with Crippen molar-refractivity contribution in [2.45, 2.75) is 42.7 Å². The number of anilines is 1. The van der Waals surface area contributed by atoms with E-state index in [1.165, 1.54) is 6.07 Å². The number of nitrogens with one attached hydrogen (secondary N) is 1. The van der Waals surface area contributed by atoms with E-state index < -0.39 is 23.2 Å². The molecule has 4 heterocycles. The topological polar surface area (TPSA) is 86.9 Å². The molecular formula is C30H23Cl2FN4O3. The third kappa shape index (κ3) is 3.12. The Morgan fingerprint density at radius 3 is 2.77 bits per heavy atom. The quantitative estimate of drug-likeness (QED) is 0.318. The first-order valence-electron chi connectivity index (χ1n) is 13.4. The summed E-state index contributed by atoms with van der Waals surface area (Å²) in [4.78, 5) is 33.3. The molecule has 4 aliphatic rings. The average molecular weight is 577 g/mol. The lowest BCUT2D eigenvalue weighted by Gasteiger charge is -2.40. The maximum atomic E-state index is 16.0. The predicted octanol–water partition coefficient (Wildman–Crippen LogP) is 5.84. The molecule has 0 bridgehead atoms. The lowest BCUT2D eigenvalue weighted by molar-refractivity contribution is -0.128. The standard InChI is InChI=1S/C30H23Cl2FN4O3/c31-16-6-7-18-20(11-16)34-29(40)30(18)25(17-2-1-3-19(32)26(17)33)24-21(37(30)13-14-4-5-14)12-22-27(24)35-23-10-15(28(38)39)8-9-36(22)23/h1-3,6-11,14,21,24-25H,4-5,12-13H2,(H,34,40)(H,38,39)/t21?,24-,25+,30-/m1/s1. The summed E-state index contributed by atoms with van der Waals surface area (Å²) in [6, 6.07) is 13.4. The second-order valence-electron chi connectivity index (χ2n) is 11.3. The zero-order valence-corrected chi connectivity index (χ0v) is 22.6. The number of hydrogen-bond donors (Lipinski definition) is 2. The molecule has 2 aromatic carbocycles. The SMILES string of the molecule is O=C(O)c1ccn2c3c(nc2c1)[C@@H]1C(C3)N(CC2CC2)[C@@]2(C(=O)Nc3cc(Cl)ccc32)[C@H]1c1cccc(Cl)c1F. The zero-order valence-electron chi connectivity index (χ0n) is 21.1. The molecule has 1 spiro atoms. The molecular weight excluding hydrogens is 554 g/mol. The van der Waals surface area contributed by atoms with Gasteiger partial charge in [-0.05, 0) is 54.7 Å². The van der Waals surface area contributed by atoms with Crippen LogP contribution in [0, 0.1) is 11.7 Å². The Hall–Kier alpha value is -3.46. The molecule has 1 saturated carbocycles. The third-order valence-electron chi connectivity index (χ3n) is 9.25. The van der Waals surface area contributed by atoms with Crippen molar-refractivity contribution >= 4 is 46.4 Å². The number of pyridine rings is 1. The van der Waals surface area contributed by atoms with Crippen molar-refractivity contribution < 1.29 is 19.1 Å². The van der Waals surface area contributed by atoms with Crippen molar-refractivity contribution in [2.75, 3.05) is 11.9 Å². The van der Waals surface area contributed by atoms with Crippen LogP contribution in [0.1, 0.15) is 57.6 Å². The molecule has 202 valence electrons. The minimum atomic E-state index is -1.19. The number of likely N-dealkylation sites (tertiary alicyclic amines) is 1. The predicted molar refractivity (Wildman–Crippen MR) is 148 cm³/mol. The highest BCUT2D eigenvalue weighted by molar-refractivity contribution is 6.31. The Balaban J connectivity index is 1.42. The van der Waals surface area contributed by atoms with E-state index in [2.05, 4.69) is 10.2 Å². The molecule has 40 heavy (non-hydrogen) atoms. The van der Waals surface area contributed by atoms with Crippen molar-refractivity contribution in [3.8, 4) is 0 Å². The molecule has 2 fully saturated rings. The van der Waals surface area contributed by atoms with Gasteiger partial charge in [-0.2, -0.15) is 0 Å². The molecule has 1 amide bonds. The molecule has 2 N–H and O–H groups in total. The summed E-state index contributed by atoms with van der Waals surface area (Å²) in [5.41, 5.74) is 2.98. The fourth-order valence-electron chi connectivity index (χ4n) is 7.53. The van der Waals surface area contributed by atoms with Gasteiger partial charge < -0.3 is 14.8 Å². The zero-order chi connectivity index (χ0) is 27.5. The third-order valence-corrected chi connectivity index (χ3v) is 9.78. The first-order valence-corrected chi connectivity index (χ1v) is 14.1. The summed E-state index contributed by atoms with van der Waals surface area (Å²) in [7, 11) is 0. The lowest BCUT2D eigenvalue weighted by atomic mass is 9.71. The van der Waals surface area contributed by atoms with E-state index in [9.17, 15) is 14.7 Å². The van der Waals surface area contributed by atoms with Crippen molar-refractivity contribution in [1.82, 2.24) is 14.3 Å². The highest BCUT2D eigenvalue weighted by atomic mass is 35.5. The van der Waals surface area contributed by atoms with Gasteiger partial charge in [-0.1, -0.05) is 41.4 Å². The minimum Gasteiger partial charge on any atom is -0.478 e. The Bertz CT molecular complexity index is 1790. The number of hydrogen-bond acceptors (Lipinski definition) is 4. The maximum absolute atomic E-state index is 16.0. The average Bonchev–Trinajstić information content (AvgIpc) is 3.37. The van der Waals surface area contributed by atoms with Crippen molar-refractivity contribution in [3.63, 3.8) is 0 Å². The van der Waals surface area contributed by atoms with Crippen LogP contribution in [0.5, 0.6) is 0 Å². The maximum Gasteiger partial charge on any atom is 0.335 e. The normalized spacial score (nSPS) is 26.8. The highest BCUT2D eigenvalue weighted by Crippen LogP contribution is 2.65. The number of carbonyl (C=O) groups excluding carboxylic acids is 1. The van der Waals surface area contributed by atoms with E-state index in [1.54, 1.807) is 42.6 Å². The van der Waals surface area contributed by atoms with Crippen LogP contribution in [0.25, 0.3) is 5.65 Å². The van der Waals surface area contributed by atoms with Crippen LogP contribution in [-0.2, 0) is 16.8 Å². The van der Waals surface area contributed by atoms with Gasteiger partial charge >= 0.3 is 5.97 Å². The molecule has 8 rings (SSSR count). The number of nitrogens with zero attached hydrogens (tertiary/aromatic N) is 3. The van der Waals surface area contributed by atoms with Gasteiger partial charge in [0, 0.05) is 59.0 Å². The molecule has 1 saturated heterocycles. The summed E-state index contributed by atoms with van der Waals surface area (Å²) >= 11 is 12.7. The largest absolute Gasteiger partial charge is 0.478 e. The van der Waals surface area contributed by atoms with Gasteiger partial charge in [0.1, 0.15) is 17.0 Å². The van der Waals surface area contributed by atoms with E-state index >= 15 is 4.39 Å².